The average Bonchev–Trinajstić information content (AvgIpc) is 2.62. The lowest BCUT2D eigenvalue weighted by Gasteiger charge is -2.12. The maximum atomic E-state index is 12.2. The highest BCUT2D eigenvalue weighted by molar-refractivity contribution is 6.00. The quantitative estimate of drug-likeness (QED) is 0.715. The van der Waals surface area contributed by atoms with Gasteiger partial charge in [0.15, 0.2) is 5.82 Å². The number of nitrogens with one attached hydrogen (secondary N) is 2. The molecule has 2 amide bonds. The lowest BCUT2D eigenvalue weighted by Crippen LogP contribution is -2.21. The summed E-state index contributed by atoms with van der Waals surface area (Å²) in [6.45, 7) is 0.684. The number of benzene rings is 1. The summed E-state index contributed by atoms with van der Waals surface area (Å²) in [5.41, 5.74) is 0.592. The van der Waals surface area contributed by atoms with Crippen LogP contribution in [0, 0.1) is 11.3 Å². The smallest absolute Gasteiger partial charge is 0.325 e. The van der Waals surface area contributed by atoms with Gasteiger partial charge in [0.2, 0.25) is 5.69 Å². The van der Waals surface area contributed by atoms with E-state index in [-0.39, 0.29) is 17.4 Å². The van der Waals surface area contributed by atoms with Crippen LogP contribution in [0.4, 0.5) is 16.3 Å². The summed E-state index contributed by atoms with van der Waals surface area (Å²) in [7, 11) is 0. The standard InChI is InChI=1S/C17H15N5O3/c18-10-13-16-21-15(11-19-13)22-17(23)20-12-6-2-3-7-14(12)24-8-4-1-5-9-25-16/h1-4,6-7,11H,5,8-9H2,(H2,20,21,22,23)/b4-1+. The molecule has 0 saturated heterocycles. The predicted octanol–water partition coefficient (Wildman–Crippen LogP) is 2.71. The molecule has 1 aliphatic rings. The third-order valence-corrected chi connectivity index (χ3v) is 3.25. The van der Waals surface area contributed by atoms with E-state index in [1.165, 1.54) is 6.20 Å². The average molecular weight is 337 g/mol. The van der Waals surface area contributed by atoms with Gasteiger partial charge in [-0.2, -0.15) is 10.2 Å². The highest BCUT2D eigenvalue weighted by Crippen LogP contribution is 2.24. The predicted molar refractivity (Wildman–Crippen MR) is 90.6 cm³/mol. The van der Waals surface area contributed by atoms with Crippen molar-refractivity contribution in [1.29, 1.82) is 5.26 Å². The van der Waals surface area contributed by atoms with Crippen LogP contribution < -0.4 is 20.1 Å². The molecular weight excluding hydrogens is 322 g/mol. The number of fused-ring (bicyclic) bond motifs is 3. The van der Waals surface area contributed by atoms with Crippen molar-refractivity contribution in [2.75, 3.05) is 23.8 Å². The Labute approximate surface area is 144 Å². The number of ether oxygens (including phenoxy) is 2. The van der Waals surface area contributed by atoms with Crippen molar-refractivity contribution in [2.24, 2.45) is 0 Å². The van der Waals surface area contributed by atoms with E-state index in [1.807, 2.05) is 24.3 Å². The van der Waals surface area contributed by atoms with Crippen molar-refractivity contribution in [3.63, 3.8) is 0 Å². The molecule has 0 aliphatic carbocycles. The third-order valence-electron chi connectivity index (χ3n) is 3.25. The zero-order chi connectivity index (χ0) is 17.5. The lowest BCUT2D eigenvalue weighted by molar-refractivity contribution is 0.262. The molecule has 0 fully saturated rings. The Kier molecular flexibility index (Phi) is 5.07. The fourth-order valence-electron chi connectivity index (χ4n) is 2.12. The minimum atomic E-state index is -0.508. The van der Waals surface area contributed by atoms with E-state index in [0.717, 1.165) is 0 Å². The van der Waals surface area contributed by atoms with E-state index < -0.39 is 6.03 Å². The summed E-state index contributed by atoms with van der Waals surface area (Å²) in [4.78, 5) is 20.3. The van der Waals surface area contributed by atoms with Crippen molar-refractivity contribution in [3.8, 4) is 17.7 Å². The van der Waals surface area contributed by atoms with Gasteiger partial charge in [0.1, 0.15) is 18.4 Å². The minimum absolute atomic E-state index is 0.0629. The maximum Gasteiger partial charge on any atom is 0.325 e. The third kappa shape index (κ3) is 4.23. The number of urea groups is 1. The van der Waals surface area contributed by atoms with Crippen LogP contribution in [-0.2, 0) is 0 Å². The SMILES string of the molecule is N#Cc1ncc2nc1OCC/C=C/COc1ccccc1NC(=O)N2. The van der Waals surface area contributed by atoms with E-state index in [1.54, 1.807) is 18.2 Å². The fourth-order valence-corrected chi connectivity index (χ4v) is 2.12. The van der Waals surface area contributed by atoms with E-state index in [4.69, 9.17) is 14.7 Å². The number of hydrogen-bond donors (Lipinski definition) is 2. The van der Waals surface area contributed by atoms with Gasteiger partial charge in [-0.05, 0) is 18.6 Å². The van der Waals surface area contributed by atoms with Crippen LogP contribution in [0.5, 0.6) is 11.6 Å². The largest absolute Gasteiger partial charge is 0.487 e. The molecule has 8 nitrogen and oxygen atoms in total. The van der Waals surface area contributed by atoms with Crippen LogP contribution >= 0.6 is 0 Å². The molecule has 0 saturated carbocycles. The molecule has 1 aliphatic heterocycles. The first-order valence-corrected chi connectivity index (χ1v) is 7.61. The highest BCUT2D eigenvalue weighted by atomic mass is 16.5. The van der Waals surface area contributed by atoms with Gasteiger partial charge in [0.05, 0.1) is 18.5 Å². The second kappa shape index (κ2) is 7.79. The molecule has 1 aromatic heterocycles. The van der Waals surface area contributed by atoms with Gasteiger partial charge in [-0.1, -0.05) is 24.3 Å². The van der Waals surface area contributed by atoms with Gasteiger partial charge in [0, 0.05) is 0 Å². The Morgan fingerprint density at radius 2 is 2.04 bits per heavy atom. The first-order valence-electron chi connectivity index (χ1n) is 7.61. The summed E-state index contributed by atoms with van der Waals surface area (Å²) < 4.78 is 11.1. The zero-order valence-corrected chi connectivity index (χ0v) is 13.2. The monoisotopic (exact) mass is 337 g/mol. The summed E-state index contributed by atoms with van der Waals surface area (Å²) in [6, 6.07) is 8.52. The lowest BCUT2D eigenvalue weighted by atomic mass is 10.3. The second-order valence-corrected chi connectivity index (χ2v) is 5.02. The Bertz CT molecular complexity index is 844. The number of carbonyl (C=O) groups is 1. The molecule has 3 rings (SSSR count). The van der Waals surface area contributed by atoms with Crippen LogP contribution in [0.2, 0.25) is 0 Å². The molecule has 2 bridgehead atoms. The summed E-state index contributed by atoms with van der Waals surface area (Å²) in [5.74, 6) is 0.815. The number of anilines is 2. The molecule has 2 heterocycles. The maximum absolute atomic E-state index is 12.2. The Morgan fingerprint density at radius 1 is 1.16 bits per heavy atom. The minimum Gasteiger partial charge on any atom is -0.487 e. The van der Waals surface area contributed by atoms with Gasteiger partial charge in [-0.3, -0.25) is 5.32 Å². The topological polar surface area (TPSA) is 109 Å². The van der Waals surface area contributed by atoms with E-state index in [2.05, 4.69) is 20.6 Å². The molecule has 0 radical (unpaired) electrons. The van der Waals surface area contributed by atoms with Gasteiger partial charge < -0.3 is 14.8 Å². The molecular formula is C17H15N5O3. The van der Waals surface area contributed by atoms with Crippen LogP contribution in [-0.4, -0.2) is 29.2 Å². The van der Waals surface area contributed by atoms with Crippen LogP contribution in [0.15, 0.2) is 42.6 Å². The van der Waals surface area contributed by atoms with E-state index in [9.17, 15) is 4.79 Å². The van der Waals surface area contributed by atoms with E-state index in [0.29, 0.717) is 31.1 Å². The van der Waals surface area contributed by atoms with Gasteiger partial charge in [-0.25, -0.2) is 9.78 Å². The highest BCUT2D eigenvalue weighted by Gasteiger charge is 2.12. The molecule has 0 atom stereocenters. The number of rotatable bonds is 0. The fraction of sp³-hybridized carbons (Fsp3) is 0.176. The van der Waals surface area contributed by atoms with Crippen molar-refractivity contribution in [2.45, 2.75) is 6.42 Å². The van der Waals surface area contributed by atoms with Crippen LogP contribution in [0.3, 0.4) is 0 Å². The second-order valence-electron chi connectivity index (χ2n) is 5.02. The molecule has 8 heteroatoms. The van der Waals surface area contributed by atoms with Crippen molar-refractivity contribution in [3.05, 3.63) is 48.3 Å². The number of hydrogen-bond acceptors (Lipinski definition) is 6. The van der Waals surface area contributed by atoms with Crippen molar-refractivity contribution in [1.82, 2.24) is 9.97 Å². The van der Waals surface area contributed by atoms with Gasteiger partial charge in [-0.15, -0.1) is 0 Å². The van der Waals surface area contributed by atoms with Crippen LogP contribution in [0.25, 0.3) is 0 Å². The normalized spacial score (nSPS) is 15.6. The summed E-state index contributed by atoms with van der Waals surface area (Å²) in [6.07, 6.45) is 5.67. The van der Waals surface area contributed by atoms with Crippen molar-refractivity contribution < 1.29 is 14.3 Å². The van der Waals surface area contributed by atoms with Crippen LogP contribution in [0.1, 0.15) is 12.1 Å². The number of carbonyl (C=O) groups excluding carboxylic acids is 1. The molecule has 1 aromatic carbocycles. The molecule has 2 N–H and O–H groups in total. The Hall–Kier alpha value is -3.60. The first-order chi connectivity index (χ1) is 12.3. The van der Waals surface area contributed by atoms with E-state index >= 15 is 0 Å². The molecule has 0 unspecified atom stereocenters. The van der Waals surface area contributed by atoms with Gasteiger partial charge in [0.25, 0.3) is 5.88 Å². The van der Waals surface area contributed by atoms with Gasteiger partial charge >= 0.3 is 6.03 Å². The first kappa shape index (κ1) is 16.3. The summed E-state index contributed by atoms with van der Waals surface area (Å²) in [5, 5.41) is 14.3. The molecule has 126 valence electrons. The zero-order valence-electron chi connectivity index (χ0n) is 13.2. The Morgan fingerprint density at radius 3 is 2.92 bits per heavy atom. The molecule has 25 heavy (non-hydrogen) atoms. The number of nitriles is 1. The van der Waals surface area contributed by atoms with Crippen molar-refractivity contribution >= 4 is 17.5 Å². The molecule has 2 aromatic rings. The molecule has 0 spiro atoms. The number of para-hydroxylation sites is 2. The Balaban J connectivity index is 1.88. The number of nitrogens with zero attached hydrogens (tertiary/aromatic N) is 3. The number of aromatic nitrogens is 2. The number of amides is 2. The summed E-state index contributed by atoms with van der Waals surface area (Å²) >= 11 is 0.